The van der Waals surface area contributed by atoms with Gasteiger partial charge in [0.1, 0.15) is 18.1 Å². The molecule has 1 atom stereocenters. The highest BCUT2D eigenvalue weighted by Crippen LogP contribution is 2.25. The molecule has 0 bridgehead atoms. The van der Waals surface area contributed by atoms with Gasteiger partial charge in [0.25, 0.3) is 0 Å². The molecular weight excluding hydrogens is 262 g/mol. The predicted octanol–water partition coefficient (Wildman–Crippen LogP) is 3.94. The van der Waals surface area contributed by atoms with Crippen molar-refractivity contribution in [3.63, 3.8) is 0 Å². The van der Waals surface area contributed by atoms with Crippen molar-refractivity contribution >= 4 is 0 Å². The Labute approximate surface area is 126 Å². The minimum atomic E-state index is 0.316. The first-order chi connectivity index (χ1) is 10.2. The first-order valence-corrected chi connectivity index (χ1v) is 7.32. The molecule has 2 rings (SSSR count). The van der Waals surface area contributed by atoms with E-state index in [2.05, 4.69) is 31.3 Å². The summed E-state index contributed by atoms with van der Waals surface area (Å²) in [6.07, 6.45) is 0. The van der Waals surface area contributed by atoms with E-state index in [1.165, 1.54) is 5.56 Å². The summed E-state index contributed by atoms with van der Waals surface area (Å²) in [7, 11) is 1.69. The van der Waals surface area contributed by atoms with Crippen LogP contribution in [0, 0.1) is 0 Å². The van der Waals surface area contributed by atoms with Gasteiger partial charge in [-0.1, -0.05) is 31.2 Å². The molecule has 0 amide bonds. The number of para-hydroxylation sites is 1. The van der Waals surface area contributed by atoms with Crippen molar-refractivity contribution in [2.45, 2.75) is 26.5 Å². The minimum absolute atomic E-state index is 0.316. The van der Waals surface area contributed by atoms with E-state index in [9.17, 15) is 0 Å². The van der Waals surface area contributed by atoms with Crippen LogP contribution in [-0.4, -0.2) is 13.7 Å². The molecule has 1 N–H and O–H groups in total. The Balaban J connectivity index is 2.14. The monoisotopic (exact) mass is 285 g/mol. The molecule has 0 fully saturated rings. The summed E-state index contributed by atoms with van der Waals surface area (Å²) in [6, 6.07) is 16.4. The van der Waals surface area contributed by atoms with Crippen molar-refractivity contribution in [1.29, 1.82) is 0 Å². The molecular formula is C18H23NO2. The lowest BCUT2D eigenvalue weighted by molar-refractivity contribution is 0.296. The van der Waals surface area contributed by atoms with Gasteiger partial charge in [-0.15, -0.1) is 0 Å². The lowest BCUT2D eigenvalue weighted by atomic mass is 10.0. The fourth-order valence-electron chi connectivity index (χ4n) is 2.28. The Morgan fingerprint density at radius 1 is 1.10 bits per heavy atom. The van der Waals surface area contributed by atoms with Crippen LogP contribution in [0.2, 0.25) is 0 Å². The molecule has 1 unspecified atom stereocenters. The van der Waals surface area contributed by atoms with Crippen LogP contribution in [0.1, 0.15) is 31.0 Å². The van der Waals surface area contributed by atoms with E-state index < -0.39 is 0 Å². The topological polar surface area (TPSA) is 30.5 Å². The standard InChI is InChI=1S/C18H23NO2/c1-4-19-14(2)15-10-11-18(20-3)16(12-15)13-21-17-8-6-5-7-9-17/h5-12,14,19H,4,13H2,1-3H3. The average molecular weight is 285 g/mol. The normalized spacial score (nSPS) is 12.0. The zero-order valence-electron chi connectivity index (χ0n) is 12.9. The van der Waals surface area contributed by atoms with Crippen LogP contribution >= 0.6 is 0 Å². The summed E-state index contributed by atoms with van der Waals surface area (Å²) in [5.41, 5.74) is 2.30. The number of rotatable bonds is 7. The summed E-state index contributed by atoms with van der Waals surface area (Å²) < 4.78 is 11.3. The Morgan fingerprint density at radius 2 is 1.86 bits per heavy atom. The first-order valence-electron chi connectivity index (χ1n) is 7.32. The third-order valence-electron chi connectivity index (χ3n) is 3.45. The van der Waals surface area contributed by atoms with Crippen molar-refractivity contribution in [3.8, 4) is 11.5 Å². The van der Waals surface area contributed by atoms with E-state index in [-0.39, 0.29) is 0 Å². The third-order valence-corrected chi connectivity index (χ3v) is 3.45. The highest BCUT2D eigenvalue weighted by Gasteiger charge is 2.09. The summed E-state index contributed by atoms with van der Waals surface area (Å²) in [6.45, 7) is 5.72. The van der Waals surface area contributed by atoms with Gasteiger partial charge >= 0.3 is 0 Å². The molecule has 112 valence electrons. The molecule has 0 aromatic heterocycles. The lowest BCUT2D eigenvalue weighted by Crippen LogP contribution is -2.18. The van der Waals surface area contributed by atoms with Crippen LogP contribution in [-0.2, 0) is 6.61 Å². The molecule has 2 aromatic carbocycles. The molecule has 21 heavy (non-hydrogen) atoms. The molecule has 2 aromatic rings. The third kappa shape index (κ3) is 4.23. The van der Waals surface area contributed by atoms with Crippen LogP contribution in [0.3, 0.4) is 0 Å². The second-order valence-electron chi connectivity index (χ2n) is 4.95. The summed E-state index contributed by atoms with van der Waals surface area (Å²) in [5, 5.41) is 3.42. The molecule has 0 spiro atoms. The van der Waals surface area contributed by atoms with Crippen molar-refractivity contribution in [2.75, 3.05) is 13.7 Å². The van der Waals surface area contributed by atoms with Gasteiger partial charge < -0.3 is 14.8 Å². The van der Waals surface area contributed by atoms with Crippen molar-refractivity contribution < 1.29 is 9.47 Å². The molecule has 3 heteroatoms. The van der Waals surface area contributed by atoms with E-state index in [1.807, 2.05) is 36.4 Å². The van der Waals surface area contributed by atoms with Crippen molar-refractivity contribution in [3.05, 3.63) is 59.7 Å². The number of ether oxygens (including phenoxy) is 2. The molecule has 0 radical (unpaired) electrons. The van der Waals surface area contributed by atoms with Crippen LogP contribution in [0.15, 0.2) is 48.5 Å². The number of hydrogen-bond acceptors (Lipinski definition) is 3. The Hall–Kier alpha value is -2.00. The quantitative estimate of drug-likeness (QED) is 0.835. The highest BCUT2D eigenvalue weighted by atomic mass is 16.5. The van der Waals surface area contributed by atoms with E-state index >= 15 is 0 Å². The van der Waals surface area contributed by atoms with Gasteiger partial charge in [0.2, 0.25) is 0 Å². The van der Waals surface area contributed by atoms with E-state index in [0.717, 1.165) is 23.6 Å². The predicted molar refractivity (Wildman–Crippen MR) is 85.9 cm³/mol. The number of methoxy groups -OCH3 is 1. The fourth-order valence-corrected chi connectivity index (χ4v) is 2.28. The van der Waals surface area contributed by atoms with Gasteiger partial charge in [0.05, 0.1) is 7.11 Å². The molecule has 3 nitrogen and oxygen atoms in total. The zero-order chi connectivity index (χ0) is 15.1. The summed E-state index contributed by atoms with van der Waals surface area (Å²) in [4.78, 5) is 0. The largest absolute Gasteiger partial charge is 0.496 e. The maximum atomic E-state index is 5.83. The van der Waals surface area contributed by atoms with Gasteiger partial charge in [0.15, 0.2) is 0 Å². The fraction of sp³-hybridized carbons (Fsp3) is 0.333. The minimum Gasteiger partial charge on any atom is -0.496 e. The van der Waals surface area contributed by atoms with Crippen LogP contribution in [0.5, 0.6) is 11.5 Å². The smallest absolute Gasteiger partial charge is 0.125 e. The molecule has 0 saturated heterocycles. The Kier molecular flexibility index (Phi) is 5.64. The number of hydrogen-bond donors (Lipinski definition) is 1. The highest BCUT2D eigenvalue weighted by molar-refractivity contribution is 5.38. The van der Waals surface area contributed by atoms with Gasteiger partial charge in [-0.05, 0) is 43.3 Å². The van der Waals surface area contributed by atoms with Crippen molar-refractivity contribution in [1.82, 2.24) is 5.32 Å². The van der Waals surface area contributed by atoms with E-state index in [4.69, 9.17) is 9.47 Å². The van der Waals surface area contributed by atoms with E-state index in [1.54, 1.807) is 7.11 Å². The maximum absolute atomic E-state index is 5.83. The summed E-state index contributed by atoms with van der Waals surface area (Å²) >= 11 is 0. The van der Waals surface area contributed by atoms with Gasteiger partial charge in [-0.2, -0.15) is 0 Å². The SMILES string of the molecule is CCNC(C)c1ccc(OC)c(COc2ccccc2)c1. The lowest BCUT2D eigenvalue weighted by Gasteiger charge is -2.16. The Morgan fingerprint density at radius 3 is 2.52 bits per heavy atom. The Bertz CT molecular complexity index is 554. The second kappa shape index (κ2) is 7.70. The van der Waals surface area contributed by atoms with Crippen LogP contribution in [0.4, 0.5) is 0 Å². The van der Waals surface area contributed by atoms with E-state index in [0.29, 0.717) is 12.6 Å². The zero-order valence-corrected chi connectivity index (χ0v) is 12.9. The summed E-state index contributed by atoms with van der Waals surface area (Å²) in [5.74, 6) is 1.73. The average Bonchev–Trinajstić information content (AvgIpc) is 2.54. The molecule has 0 heterocycles. The molecule has 0 aliphatic heterocycles. The molecule has 0 aliphatic carbocycles. The second-order valence-corrected chi connectivity index (χ2v) is 4.95. The van der Waals surface area contributed by atoms with Gasteiger partial charge in [-0.3, -0.25) is 0 Å². The molecule has 0 saturated carbocycles. The van der Waals surface area contributed by atoms with Gasteiger partial charge in [0, 0.05) is 11.6 Å². The molecule has 0 aliphatic rings. The number of nitrogens with one attached hydrogen (secondary N) is 1. The van der Waals surface area contributed by atoms with Crippen molar-refractivity contribution in [2.24, 2.45) is 0 Å². The first kappa shape index (κ1) is 15.4. The van der Waals surface area contributed by atoms with Gasteiger partial charge in [-0.25, -0.2) is 0 Å². The van der Waals surface area contributed by atoms with Crippen LogP contribution < -0.4 is 14.8 Å². The van der Waals surface area contributed by atoms with Crippen LogP contribution in [0.25, 0.3) is 0 Å². The number of benzene rings is 2. The maximum Gasteiger partial charge on any atom is 0.125 e.